The van der Waals surface area contributed by atoms with Crippen molar-refractivity contribution in [2.75, 3.05) is 11.9 Å². The summed E-state index contributed by atoms with van der Waals surface area (Å²) in [5.41, 5.74) is -0.156. The third-order valence-corrected chi connectivity index (χ3v) is 4.48. The van der Waals surface area contributed by atoms with Crippen LogP contribution in [-0.4, -0.2) is 34.8 Å². The Morgan fingerprint density at radius 2 is 2.30 bits per heavy atom. The van der Waals surface area contributed by atoms with E-state index in [9.17, 15) is 14.4 Å². The summed E-state index contributed by atoms with van der Waals surface area (Å²) in [6, 6.07) is 1.29. The largest absolute Gasteiger partial charge is 0.325 e. The maximum absolute atomic E-state index is 12.3. The minimum atomic E-state index is -0.834. The molecule has 3 rings (SSSR count). The molecule has 1 saturated carbocycles. The number of urea groups is 1. The van der Waals surface area contributed by atoms with Crippen molar-refractivity contribution < 1.29 is 14.4 Å². The maximum atomic E-state index is 12.3. The van der Waals surface area contributed by atoms with Crippen molar-refractivity contribution >= 4 is 34.9 Å². The lowest BCUT2D eigenvalue weighted by Gasteiger charge is -2.20. The molecular formula is C13H15N3O3S. The van der Waals surface area contributed by atoms with Crippen LogP contribution in [-0.2, 0) is 9.59 Å². The summed E-state index contributed by atoms with van der Waals surface area (Å²) in [5.74, 6) is -0.471. The highest BCUT2D eigenvalue weighted by atomic mass is 32.1. The molecule has 2 aliphatic rings. The average Bonchev–Trinajstić information content (AvgIpc) is 3.10. The van der Waals surface area contributed by atoms with Gasteiger partial charge in [0, 0.05) is 5.38 Å². The van der Waals surface area contributed by atoms with E-state index in [1.54, 1.807) is 18.4 Å². The van der Waals surface area contributed by atoms with Crippen LogP contribution in [0.25, 0.3) is 0 Å². The van der Waals surface area contributed by atoms with Crippen LogP contribution in [0.3, 0.4) is 0 Å². The van der Waals surface area contributed by atoms with Crippen molar-refractivity contribution in [3.63, 3.8) is 0 Å². The summed E-state index contributed by atoms with van der Waals surface area (Å²) >= 11 is 1.46. The van der Waals surface area contributed by atoms with E-state index in [4.69, 9.17) is 0 Å². The zero-order valence-corrected chi connectivity index (χ0v) is 11.8. The Kier molecular flexibility index (Phi) is 3.01. The molecule has 106 valence electrons. The maximum Gasteiger partial charge on any atom is 0.325 e. The number of carbonyl (C=O) groups is 3. The Morgan fingerprint density at radius 3 is 2.90 bits per heavy atom. The molecule has 1 aliphatic carbocycles. The minimum Gasteiger partial charge on any atom is -0.324 e. The Hall–Kier alpha value is -1.89. The fraction of sp³-hybridized carbons (Fsp3) is 0.462. The lowest BCUT2D eigenvalue weighted by Crippen LogP contribution is -2.46. The van der Waals surface area contributed by atoms with Crippen molar-refractivity contribution in [2.24, 2.45) is 5.92 Å². The van der Waals surface area contributed by atoms with Crippen LogP contribution in [0.4, 0.5) is 10.5 Å². The van der Waals surface area contributed by atoms with E-state index in [-0.39, 0.29) is 24.3 Å². The average molecular weight is 293 g/mol. The topological polar surface area (TPSA) is 78.5 Å². The monoisotopic (exact) mass is 293 g/mol. The first-order chi connectivity index (χ1) is 9.50. The van der Waals surface area contributed by atoms with Crippen molar-refractivity contribution in [2.45, 2.75) is 25.3 Å². The first-order valence-corrected chi connectivity index (χ1v) is 7.41. The van der Waals surface area contributed by atoms with Gasteiger partial charge in [0.15, 0.2) is 0 Å². The van der Waals surface area contributed by atoms with Gasteiger partial charge in [-0.1, -0.05) is 0 Å². The Morgan fingerprint density at radius 1 is 1.55 bits per heavy atom. The third-order valence-electron chi connectivity index (χ3n) is 3.80. The molecular weight excluding hydrogens is 278 g/mol. The number of nitrogens with zero attached hydrogens (tertiary/aromatic N) is 1. The first-order valence-electron chi connectivity index (χ1n) is 6.47. The molecule has 1 saturated heterocycles. The number of thiophene rings is 1. The second-order valence-electron chi connectivity index (χ2n) is 5.36. The van der Waals surface area contributed by atoms with Crippen LogP contribution in [0.1, 0.15) is 19.8 Å². The zero-order chi connectivity index (χ0) is 14.3. The summed E-state index contributed by atoms with van der Waals surface area (Å²) in [5, 5.41) is 9.01. The molecule has 1 aliphatic heterocycles. The number of imide groups is 1. The van der Waals surface area contributed by atoms with E-state index in [0.717, 1.165) is 17.7 Å². The number of amides is 4. The van der Waals surface area contributed by atoms with Gasteiger partial charge in [0.2, 0.25) is 5.91 Å². The van der Waals surface area contributed by atoms with Gasteiger partial charge in [0.05, 0.1) is 5.69 Å². The predicted octanol–water partition coefficient (Wildman–Crippen LogP) is 1.41. The number of rotatable bonds is 4. The van der Waals surface area contributed by atoms with Crippen LogP contribution in [0.15, 0.2) is 16.8 Å². The van der Waals surface area contributed by atoms with Gasteiger partial charge in [-0.3, -0.25) is 14.5 Å². The van der Waals surface area contributed by atoms with Gasteiger partial charge in [0.1, 0.15) is 12.1 Å². The highest BCUT2D eigenvalue weighted by Crippen LogP contribution is 2.42. The molecule has 1 aromatic rings. The van der Waals surface area contributed by atoms with Crippen molar-refractivity contribution in [3.8, 4) is 0 Å². The highest BCUT2D eigenvalue weighted by Gasteiger charge is 2.56. The summed E-state index contributed by atoms with van der Waals surface area (Å²) in [6.07, 6.45) is 1.88. The van der Waals surface area contributed by atoms with Crippen LogP contribution < -0.4 is 10.6 Å². The second-order valence-corrected chi connectivity index (χ2v) is 6.14. The van der Waals surface area contributed by atoms with Crippen LogP contribution >= 0.6 is 11.3 Å². The molecule has 0 bridgehead atoms. The number of nitrogens with one attached hydrogen (secondary N) is 2. The molecule has 4 amide bonds. The molecule has 2 N–H and O–H groups in total. The minimum absolute atomic E-state index is 0.198. The van der Waals surface area contributed by atoms with Crippen LogP contribution in [0.5, 0.6) is 0 Å². The third kappa shape index (κ3) is 2.18. The van der Waals surface area contributed by atoms with E-state index in [2.05, 4.69) is 10.6 Å². The Balaban J connectivity index is 1.66. The van der Waals surface area contributed by atoms with Crippen LogP contribution in [0.2, 0.25) is 0 Å². The normalized spacial score (nSPS) is 25.8. The summed E-state index contributed by atoms with van der Waals surface area (Å²) in [7, 11) is 0. The predicted molar refractivity (Wildman–Crippen MR) is 74.3 cm³/mol. The number of hydrogen-bond donors (Lipinski definition) is 2. The van der Waals surface area contributed by atoms with Gasteiger partial charge in [-0.2, -0.15) is 11.3 Å². The molecule has 1 aromatic heterocycles. The molecule has 2 fully saturated rings. The molecule has 20 heavy (non-hydrogen) atoms. The molecule has 2 heterocycles. The molecule has 7 heteroatoms. The number of carbonyl (C=O) groups excluding carboxylic acids is 3. The SMILES string of the molecule is CC1(C2CC2)NC(=O)N(CC(=O)Nc2ccsc2)C1=O. The van der Waals surface area contributed by atoms with Gasteiger partial charge < -0.3 is 10.6 Å². The summed E-state index contributed by atoms with van der Waals surface area (Å²) in [4.78, 5) is 37.1. The smallest absolute Gasteiger partial charge is 0.324 e. The molecule has 0 spiro atoms. The molecule has 1 unspecified atom stereocenters. The van der Waals surface area contributed by atoms with Gasteiger partial charge in [-0.15, -0.1) is 0 Å². The number of hydrogen-bond acceptors (Lipinski definition) is 4. The van der Waals surface area contributed by atoms with Crippen LogP contribution in [0, 0.1) is 5.92 Å². The molecule has 1 atom stereocenters. The van der Waals surface area contributed by atoms with Gasteiger partial charge in [0.25, 0.3) is 5.91 Å². The van der Waals surface area contributed by atoms with E-state index < -0.39 is 11.6 Å². The van der Waals surface area contributed by atoms with Crippen molar-refractivity contribution in [1.82, 2.24) is 10.2 Å². The number of anilines is 1. The molecule has 6 nitrogen and oxygen atoms in total. The standard InChI is InChI=1S/C13H15N3O3S/c1-13(8-2-3-8)11(18)16(12(19)15-13)6-10(17)14-9-4-5-20-7-9/h4-5,7-8H,2-3,6H2,1H3,(H,14,17)(H,15,19). The molecule has 0 radical (unpaired) electrons. The zero-order valence-electron chi connectivity index (χ0n) is 11.0. The summed E-state index contributed by atoms with van der Waals surface area (Å²) in [6.45, 7) is 1.49. The Labute approximate surface area is 120 Å². The quantitative estimate of drug-likeness (QED) is 0.824. The van der Waals surface area contributed by atoms with E-state index >= 15 is 0 Å². The first kappa shape index (κ1) is 13.1. The van der Waals surface area contributed by atoms with Crippen molar-refractivity contribution in [1.29, 1.82) is 0 Å². The summed E-state index contributed by atoms with van der Waals surface area (Å²) < 4.78 is 0. The van der Waals surface area contributed by atoms with Gasteiger partial charge >= 0.3 is 6.03 Å². The lowest BCUT2D eigenvalue weighted by molar-refractivity contribution is -0.134. The van der Waals surface area contributed by atoms with E-state index in [1.165, 1.54) is 11.3 Å². The second kappa shape index (κ2) is 4.59. The van der Waals surface area contributed by atoms with E-state index in [0.29, 0.717) is 5.69 Å². The van der Waals surface area contributed by atoms with E-state index in [1.807, 2.05) is 5.38 Å². The van der Waals surface area contributed by atoms with Gasteiger partial charge in [-0.05, 0) is 37.1 Å². The van der Waals surface area contributed by atoms with Crippen molar-refractivity contribution in [3.05, 3.63) is 16.8 Å². The highest BCUT2D eigenvalue weighted by molar-refractivity contribution is 7.08. The lowest BCUT2D eigenvalue weighted by atomic mass is 9.96. The molecule has 0 aromatic carbocycles. The Bertz CT molecular complexity index is 567. The van der Waals surface area contributed by atoms with Gasteiger partial charge in [-0.25, -0.2) is 4.79 Å². The fourth-order valence-corrected chi connectivity index (χ4v) is 3.06. The fourth-order valence-electron chi connectivity index (χ4n) is 2.48.